The first-order valence-corrected chi connectivity index (χ1v) is 4.76. The average Bonchev–Trinajstić information content (AvgIpc) is 2.57. The third kappa shape index (κ3) is 1.46. The summed E-state index contributed by atoms with van der Waals surface area (Å²) in [5, 5.41) is 9.72. The molecule has 72 valence electrons. The van der Waals surface area contributed by atoms with Crippen LogP contribution in [0.4, 0.5) is 5.95 Å². The molecule has 0 spiro atoms. The third-order valence-electron chi connectivity index (χ3n) is 1.87. The number of nitrogen functional groups attached to an aromatic ring is 1. The number of phenolic OH excluding ortho intramolecular Hbond substituents is 1. The zero-order chi connectivity index (χ0) is 10.1. The summed E-state index contributed by atoms with van der Waals surface area (Å²) >= 11 is 3.23. The predicted molar refractivity (Wildman–Crippen MR) is 57.8 cm³/mol. The summed E-state index contributed by atoms with van der Waals surface area (Å²) in [7, 11) is 0. The summed E-state index contributed by atoms with van der Waals surface area (Å²) in [4.78, 5) is 6.71. The minimum atomic E-state index is 0.177. The molecule has 0 aliphatic carbocycles. The molecule has 14 heavy (non-hydrogen) atoms. The molecule has 0 aliphatic rings. The largest absolute Gasteiger partial charge is 0.506 e. The van der Waals surface area contributed by atoms with Crippen molar-refractivity contribution in [3.63, 3.8) is 0 Å². The van der Waals surface area contributed by atoms with Crippen LogP contribution in [-0.4, -0.2) is 15.1 Å². The molecule has 0 fully saturated rings. The molecule has 0 unspecified atom stereocenters. The molecular formula is C9H8BrN3O. The first-order chi connectivity index (χ1) is 6.68. The van der Waals surface area contributed by atoms with E-state index >= 15 is 0 Å². The lowest BCUT2D eigenvalue weighted by Gasteiger charge is -2.02. The molecular weight excluding hydrogens is 246 g/mol. The van der Waals surface area contributed by atoms with Crippen LogP contribution < -0.4 is 5.73 Å². The Bertz CT molecular complexity index is 467. The van der Waals surface area contributed by atoms with Gasteiger partial charge in [0.15, 0.2) is 5.95 Å². The molecule has 1 aromatic carbocycles. The summed E-state index contributed by atoms with van der Waals surface area (Å²) < 4.78 is 0.642. The van der Waals surface area contributed by atoms with E-state index in [-0.39, 0.29) is 5.75 Å². The molecule has 0 amide bonds. The maximum Gasteiger partial charge on any atom is 0.197 e. The maximum absolute atomic E-state index is 9.72. The fourth-order valence-corrected chi connectivity index (χ4v) is 1.57. The number of aromatic amines is 1. The van der Waals surface area contributed by atoms with Crippen LogP contribution in [-0.2, 0) is 0 Å². The number of H-pyrrole nitrogens is 1. The van der Waals surface area contributed by atoms with E-state index < -0.39 is 0 Å². The normalized spacial score (nSPS) is 10.4. The quantitative estimate of drug-likeness (QED) is 0.729. The van der Waals surface area contributed by atoms with Crippen LogP contribution in [0.5, 0.6) is 5.75 Å². The van der Waals surface area contributed by atoms with Crippen LogP contribution in [0.15, 0.2) is 28.9 Å². The van der Waals surface area contributed by atoms with E-state index in [1.165, 1.54) is 0 Å². The van der Waals surface area contributed by atoms with Crippen molar-refractivity contribution in [2.75, 3.05) is 5.73 Å². The summed E-state index contributed by atoms with van der Waals surface area (Å²) in [5.74, 6) is 0.510. The number of rotatable bonds is 1. The van der Waals surface area contributed by atoms with E-state index in [1.807, 2.05) is 6.07 Å². The lowest BCUT2D eigenvalue weighted by molar-refractivity contribution is 0.474. The van der Waals surface area contributed by atoms with Gasteiger partial charge in [-0.05, 0) is 28.1 Å². The van der Waals surface area contributed by atoms with Gasteiger partial charge in [-0.25, -0.2) is 4.98 Å². The lowest BCUT2D eigenvalue weighted by Crippen LogP contribution is -1.85. The monoisotopic (exact) mass is 253 g/mol. The van der Waals surface area contributed by atoms with Gasteiger partial charge in [0.1, 0.15) is 5.75 Å². The Morgan fingerprint density at radius 3 is 2.86 bits per heavy atom. The summed E-state index contributed by atoms with van der Waals surface area (Å²) in [6.07, 6.45) is 1.58. The summed E-state index contributed by atoms with van der Waals surface area (Å²) in [5.41, 5.74) is 6.81. The van der Waals surface area contributed by atoms with Crippen molar-refractivity contribution in [1.82, 2.24) is 9.97 Å². The van der Waals surface area contributed by atoms with Crippen molar-refractivity contribution in [1.29, 1.82) is 0 Å². The smallest absolute Gasteiger partial charge is 0.197 e. The molecule has 0 saturated carbocycles. The molecule has 0 atom stereocenters. The number of anilines is 1. The Morgan fingerprint density at radius 2 is 2.21 bits per heavy atom. The van der Waals surface area contributed by atoms with Gasteiger partial charge in [-0.15, -0.1) is 0 Å². The fourth-order valence-electron chi connectivity index (χ4n) is 1.21. The Morgan fingerprint density at radius 1 is 1.43 bits per heavy atom. The van der Waals surface area contributed by atoms with E-state index in [9.17, 15) is 5.11 Å². The van der Waals surface area contributed by atoms with Gasteiger partial charge in [0.2, 0.25) is 0 Å². The zero-order valence-electron chi connectivity index (χ0n) is 7.16. The number of imidazole rings is 1. The van der Waals surface area contributed by atoms with Gasteiger partial charge < -0.3 is 15.8 Å². The molecule has 5 heteroatoms. The van der Waals surface area contributed by atoms with Gasteiger partial charge in [-0.1, -0.05) is 6.07 Å². The van der Waals surface area contributed by atoms with E-state index in [4.69, 9.17) is 5.73 Å². The first kappa shape index (κ1) is 9.08. The second-order valence-corrected chi connectivity index (χ2v) is 3.67. The standard InChI is InChI=1S/C9H8BrN3O/c10-6-3-1-2-5(8(6)14)7-4-12-9(11)13-7/h1-4,14H,(H3,11,12,13). The molecule has 0 aliphatic heterocycles. The van der Waals surface area contributed by atoms with Crippen molar-refractivity contribution in [3.05, 3.63) is 28.9 Å². The minimum absolute atomic E-state index is 0.177. The third-order valence-corrected chi connectivity index (χ3v) is 2.51. The molecule has 0 bridgehead atoms. The van der Waals surface area contributed by atoms with Gasteiger partial charge >= 0.3 is 0 Å². The van der Waals surface area contributed by atoms with Gasteiger partial charge in [0.25, 0.3) is 0 Å². The number of aromatic nitrogens is 2. The summed E-state index contributed by atoms with van der Waals surface area (Å²) in [6, 6.07) is 5.38. The van der Waals surface area contributed by atoms with Crippen molar-refractivity contribution in [3.8, 4) is 17.0 Å². The lowest BCUT2D eigenvalue weighted by atomic mass is 10.1. The molecule has 4 N–H and O–H groups in total. The van der Waals surface area contributed by atoms with Crippen LogP contribution in [0.3, 0.4) is 0 Å². The van der Waals surface area contributed by atoms with E-state index in [1.54, 1.807) is 18.3 Å². The fraction of sp³-hybridized carbons (Fsp3) is 0. The van der Waals surface area contributed by atoms with Gasteiger partial charge in [-0.3, -0.25) is 0 Å². The number of para-hydroxylation sites is 1. The maximum atomic E-state index is 9.72. The number of nitrogens with one attached hydrogen (secondary N) is 1. The molecule has 4 nitrogen and oxygen atoms in total. The highest BCUT2D eigenvalue weighted by molar-refractivity contribution is 9.10. The van der Waals surface area contributed by atoms with E-state index in [2.05, 4.69) is 25.9 Å². The number of hydrogen-bond donors (Lipinski definition) is 3. The van der Waals surface area contributed by atoms with Crippen LogP contribution in [0, 0.1) is 0 Å². The minimum Gasteiger partial charge on any atom is -0.506 e. The van der Waals surface area contributed by atoms with E-state index in [0.717, 1.165) is 0 Å². The van der Waals surface area contributed by atoms with Crippen LogP contribution in [0.25, 0.3) is 11.3 Å². The molecule has 2 rings (SSSR count). The SMILES string of the molecule is Nc1ncc(-c2cccc(Br)c2O)[nH]1. The second kappa shape index (κ2) is 3.34. The topological polar surface area (TPSA) is 74.9 Å². The second-order valence-electron chi connectivity index (χ2n) is 2.82. The van der Waals surface area contributed by atoms with Crippen molar-refractivity contribution >= 4 is 21.9 Å². The van der Waals surface area contributed by atoms with E-state index in [0.29, 0.717) is 21.7 Å². The average molecular weight is 254 g/mol. The molecule has 1 aromatic heterocycles. The number of benzene rings is 1. The van der Waals surface area contributed by atoms with Gasteiger partial charge in [0.05, 0.1) is 16.4 Å². The van der Waals surface area contributed by atoms with Crippen molar-refractivity contribution in [2.45, 2.75) is 0 Å². The highest BCUT2D eigenvalue weighted by Gasteiger charge is 2.08. The number of phenols is 1. The molecule has 2 aromatic rings. The molecule has 0 saturated heterocycles. The zero-order valence-corrected chi connectivity index (χ0v) is 8.75. The van der Waals surface area contributed by atoms with Crippen LogP contribution >= 0.6 is 15.9 Å². The highest BCUT2D eigenvalue weighted by Crippen LogP contribution is 2.34. The number of hydrogen-bond acceptors (Lipinski definition) is 3. The van der Waals surface area contributed by atoms with Gasteiger partial charge in [-0.2, -0.15) is 0 Å². The van der Waals surface area contributed by atoms with Gasteiger partial charge in [0, 0.05) is 5.56 Å². The van der Waals surface area contributed by atoms with Crippen molar-refractivity contribution in [2.24, 2.45) is 0 Å². The Hall–Kier alpha value is -1.49. The summed E-state index contributed by atoms with van der Waals surface area (Å²) in [6.45, 7) is 0. The van der Waals surface area contributed by atoms with Crippen molar-refractivity contribution < 1.29 is 5.11 Å². The highest BCUT2D eigenvalue weighted by atomic mass is 79.9. The number of nitrogens with two attached hydrogens (primary N) is 1. The number of aromatic hydroxyl groups is 1. The Balaban J connectivity index is 2.57. The van der Waals surface area contributed by atoms with Crippen LogP contribution in [0.2, 0.25) is 0 Å². The molecule has 1 heterocycles. The predicted octanol–water partition coefficient (Wildman–Crippen LogP) is 2.13. The Kier molecular flexibility index (Phi) is 2.17. The number of halogens is 1. The first-order valence-electron chi connectivity index (χ1n) is 3.97. The Labute approximate surface area is 88.9 Å². The number of nitrogens with zero attached hydrogens (tertiary/aromatic N) is 1. The molecule has 0 radical (unpaired) electrons. The van der Waals surface area contributed by atoms with Crippen LogP contribution in [0.1, 0.15) is 0 Å².